The summed E-state index contributed by atoms with van der Waals surface area (Å²) in [5, 5.41) is 10.9. The molecule has 10 heavy (non-hydrogen) atoms. The predicted octanol–water partition coefficient (Wildman–Crippen LogP) is 2.94. The van der Waals surface area contributed by atoms with Crippen molar-refractivity contribution in [2.45, 2.75) is 13.0 Å². The van der Waals surface area contributed by atoms with Crippen molar-refractivity contribution in [1.82, 2.24) is 0 Å². The van der Waals surface area contributed by atoms with Crippen LogP contribution in [0.2, 0.25) is 0 Å². The first-order valence-electron chi connectivity index (χ1n) is 3.11. The first-order chi connectivity index (χ1) is 4.70. The zero-order valence-electron chi connectivity index (χ0n) is 5.67. The molecule has 2 heteroatoms. The molecule has 1 rings (SSSR count). The molecule has 0 saturated carbocycles. The van der Waals surface area contributed by atoms with Crippen molar-refractivity contribution in [3.8, 4) is 0 Å². The van der Waals surface area contributed by atoms with Gasteiger partial charge >= 0.3 is 0 Å². The highest BCUT2D eigenvalue weighted by atomic mass is 79.9. The van der Waals surface area contributed by atoms with Crippen LogP contribution in [0.3, 0.4) is 0 Å². The Morgan fingerprint density at radius 2 is 2.20 bits per heavy atom. The maximum Gasteiger partial charge on any atom is 0.115 e. The van der Waals surface area contributed by atoms with Crippen LogP contribution in [0.1, 0.15) is 18.6 Å². The fourth-order valence-electron chi connectivity index (χ4n) is 0.759. The monoisotopic (exact) mass is 199 g/mol. The molecular weight excluding hydrogens is 192 g/mol. The molecule has 53 valence electrons. The second-order valence-corrected chi connectivity index (χ2v) is 3.11. The lowest BCUT2D eigenvalue weighted by Crippen LogP contribution is -1.87. The molecule has 0 N–H and O–H groups in total. The molecule has 1 aromatic rings. The summed E-state index contributed by atoms with van der Waals surface area (Å²) in [6.45, 7) is 1.64. The number of hydrogen-bond donors (Lipinski definition) is 0. The van der Waals surface area contributed by atoms with Crippen molar-refractivity contribution < 1.29 is 5.11 Å². The third kappa shape index (κ3) is 1.82. The lowest BCUT2D eigenvalue weighted by atomic mass is 10.1. The van der Waals surface area contributed by atoms with E-state index in [2.05, 4.69) is 15.9 Å². The van der Waals surface area contributed by atoms with Crippen LogP contribution < -0.4 is 0 Å². The van der Waals surface area contributed by atoms with Gasteiger partial charge in [-0.2, -0.15) is 0 Å². The maximum atomic E-state index is 10.9. The molecule has 0 spiro atoms. The Bertz CT molecular complexity index is 220. The third-order valence-corrected chi connectivity index (χ3v) is 1.81. The summed E-state index contributed by atoms with van der Waals surface area (Å²) in [7, 11) is 0. The zero-order chi connectivity index (χ0) is 7.56. The highest BCUT2D eigenvalue weighted by Crippen LogP contribution is 2.17. The number of rotatable bonds is 1. The van der Waals surface area contributed by atoms with Crippen LogP contribution >= 0.6 is 15.9 Å². The average Bonchev–Trinajstić information content (AvgIpc) is 1.88. The molecule has 1 aromatic carbocycles. The van der Waals surface area contributed by atoms with Gasteiger partial charge in [0, 0.05) is 4.47 Å². The summed E-state index contributed by atoms with van der Waals surface area (Å²) in [5.74, 6) is 0. The number of halogens is 1. The van der Waals surface area contributed by atoms with E-state index in [-0.39, 0.29) is 0 Å². The van der Waals surface area contributed by atoms with E-state index in [0.717, 1.165) is 10.0 Å². The van der Waals surface area contributed by atoms with E-state index < -0.39 is 6.10 Å². The van der Waals surface area contributed by atoms with E-state index in [1.54, 1.807) is 6.92 Å². The van der Waals surface area contributed by atoms with Gasteiger partial charge in [0.1, 0.15) is 6.10 Å². The fourth-order valence-corrected chi connectivity index (χ4v) is 1.18. The molecule has 0 fully saturated rings. The Kier molecular flexibility index (Phi) is 2.46. The van der Waals surface area contributed by atoms with Gasteiger partial charge in [-0.15, -0.1) is 0 Å². The van der Waals surface area contributed by atoms with E-state index >= 15 is 0 Å². The lowest BCUT2D eigenvalue weighted by Gasteiger charge is -2.00. The van der Waals surface area contributed by atoms with E-state index in [4.69, 9.17) is 0 Å². The quantitative estimate of drug-likeness (QED) is 0.664. The highest BCUT2D eigenvalue weighted by Gasteiger charge is 2.00. The Balaban J connectivity index is 2.96. The van der Waals surface area contributed by atoms with Crippen molar-refractivity contribution >= 4 is 15.9 Å². The Hall–Kier alpha value is -0.340. The van der Waals surface area contributed by atoms with E-state index in [0.29, 0.717) is 0 Å². The van der Waals surface area contributed by atoms with E-state index in [9.17, 15) is 5.11 Å². The number of hydrogen-bond acceptors (Lipinski definition) is 0. The number of benzene rings is 1. The van der Waals surface area contributed by atoms with Gasteiger partial charge in [-0.3, -0.25) is 0 Å². The molecule has 0 heterocycles. The second kappa shape index (κ2) is 3.17. The molecule has 0 aliphatic carbocycles. The predicted molar refractivity (Wildman–Crippen MR) is 43.2 cm³/mol. The van der Waals surface area contributed by atoms with Crippen LogP contribution in [-0.2, 0) is 5.11 Å². The Morgan fingerprint density at radius 1 is 1.50 bits per heavy atom. The topological polar surface area (TPSA) is 19.9 Å². The van der Waals surface area contributed by atoms with Crippen LogP contribution in [0.25, 0.3) is 0 Å². The minimum atomic E-state index is -0.627. The van der Waals surface area contributed by atoms with Crippen LogP contribution in [0, 0.1) is 0 Å². The average molecular weight is 200 g/mol. The first-order valence-corrected chi connectivity index (χ1v) is 3.91. The van der Waals surface area contributed by atoms with Crippen LogP contribution in [0.4, 0.5) is 0 Å². The Morgan fingerprint density at radius 3 is 2.60 bits per heavy atom. The van der Waals surface area contributed by atoms with Gasteiger partial charge in [0.25, 0.3) is 0 Å². The van der Waals surface area contributed by atoms with Crippen molar-refractivity contribution in [3.63, 3.8) is 0 Å². The molecule has 0 aromatic heterocycles. The molecule has 1 unspecified atom stereocenters. The third-order valence-electron chi connectivity index (χ3n) is 1.32. The maximum absolute atomic E-state index is 10.9. The van der Waals surface area contributed by atoms with Gasteiger partial charge in [0.15, 0.2) is 0 Å². The van der Waals surface area contributed by atoms with Crippen LogP contribution in [0.5, 0.6) is 0 Å². The summed E-state index contributed by atoms with van der Waals surface area (Å²) in [4.78, 5) is 0. The largest absolute Gasteiger partial charge is 0.228 e. The summed E-state index contributed by atoms with van der Waals surface area (Å²) in [6, 6.07) is 7.46. The summed E-state index contributed by atoms with van der Waals surface area (Å²) >= 11 is 3.29. The molecule has 1 radical (unpaired) electrons. The molecular formula is C8H8BrO. The highest BCUT2D eigenvalue weighted by molar-refractivity contribution is 9.10. The first kappa shape index (κ1) is 7.76. The van der Waals surface area contributed by atoms with Crippen molar-refractivity contribution in [3.05, 3.63) is 34.3 Å². The Labute approximate surface area is 68.8 Å². The standard InChI is InChI=1S/C8H8BrO/c1-6(10)7-3-2-4-8(9)5-7/h2-6H,1H3. The van der Waals surface area contributed by atoms with E-state index in [1.807, 2.05) is 24.3 Å². The molecule has 0 aliphatic rings. The van der Waals surface area contributed by atoms with Gasteiger partial charge in [0.2, 0.25) is 0 Å². The molecule has 0 aliphatic heterocycles. The SMILES string of the molecule is CC([O])c1cccc(Br)c1. The van der Waals surface area contributed by atoms with Crippen LogP contribution in [-0.4, -0.2) is 0 Å². The van der Waals surface area contributed by atoms with Gasteiger partial charge in [-0.05, 0) is 24.6 Å². The molecule has 1 nitrogen and oxygen atoms in total. The van der Waals surface area contributed by atoms with Crippen molar-refractivity contribution in [1.29, 1.82) is 0 Å². The minimum Gasteiger partial charge on any atom is -0.228 e. The van der Waals surface area contributed by atoms with Gasteiger partial charge in [0.05, 0.1) is 0 Å². The summed E-state index contributed by atoms with van der Waals surface area (Å²) in [6.07, 6.45) is -0.627. The lowest BCUT2D eigenvalue weighted by molar-refractivity contribution is 0.106. The van der Waals surface area contributed by atoms with Gasteiger partial charge in [-0.1, -0.05) is 28.1 Å². The van der Waals surface area contributed by atoms with Gasteiger partial charge < -0.3 is 0 Å². The summed E-state index contributed by atoms with van der Waals surface area (Å²) < 4.78 is 0.965. The molecule has 0 amide bonds. The van der Waals surface area contributed by atoms with Crippen LogP contribution in [0.15, 0.2) is 28.7 Å². The second-order valence-electron chi connectivity index (χ2n) is 2.20. The normalized spacial score (nSPS) is 13.1. The molecule has 0 saturated heterocycles. The molecule has 1 atom stereocenters. The van der Waals surface area contributed by atoms with E-state index in [1.165, 1.54) is 0 Å². The summed E-state index contributed by atoms with van der Waals surface area (Å²) in [5.41, 5.74) is 0.828. The van der Waals surface area contributed by atoms with Gasteiger partial charge in [-0.25, -0.2) is 5.11 Å². The molecule has 0 bridgehead atoms. The zero-order valence-corrected chi connectivity index (χ0v) is 7.26. The fraction of sp³-hybridized carbons (Fsp3) is 0.250. The van der Waals surface area contributed by atoms with Crippen molar-refractivity contribution in [2.75, 3.05) is 0 Å². The smallest absolute Gasteiger partial charge is 0.115 e. The minimum absolute atomic E-state index is 0.627. The van der Waals surface area contributed by atoms with Crippen molar-refractivity contribution in [2.24, 2.45) is 0 Å².